The number of esters is 3. The Morgan fingerprint density at radius 1 is 0.211 bits per heavy atom. The van der Waals surface area contributed by atoms with Gasteiger partial charge in [-0.1, -0.05) is 374 Å². The van der Waals surface area contributed by atoms with Crippen molar-refractivity contribution in [2.75, 3.05) is 13.2 Å². The van der Waals surface area contributed by atoms with Gasteiger partial charge in [-0.3, -0.25) is 14.4 Å². The molecule has 0 aliphatic carbocycles. The van der Waals surface area contributed by atoms with E-state index < -0.39 is 6.10 Å². The van der Waals surface area contributed by atoms with E-state index in [0.717, 1.165) is 57.8 Å². The third kappa shape index (κ3) is 63.2. The lowest BCUT2D eigenvalue weighted by Gasteiger charge is -2.18. The maximum Gasteiger partial charge on any atom is 0.306 e. The lowest BCUT2D eigenvalue weighted by atomic mass is 10.0. The maximum atomic E-state index is 12.9. The van der Waals surface area contributed by atoms with E-state index >= 15 is 0 Å². The molecule has 0 rings (SSSR count). The number of unbranched alkanes of at least 4 members (excludes halogenated alkanes) is 55. The molecule has 1 atom stereocenters. The van der Waals surface area contributed by atoms with Gasteiger partial charge in [0.25, 0.3) is 0 Å². The van der Waals surface area contributed by atoms with E-state index in [9.17, 15) is 14.4 Å². The van der Waals surface area contributed by atoms with Crippen molar-refractivity contribution in [3.8, 4) is 0 Å². The number of carbonyl (C=O) groups excluding carboxylic acids is 3. The lowest BCUT2D eigenvalue weighted by Crippen LogP contribution is -2.30. The van der Waals surface area contributed by atoms with E-state index in [1.54, 1.807) is 0 Å². The molecule has 0 fully saturated rings. The zero-order chi connectivity index (χ0) is 55.0. The maximum absolute atomic E-state index is 12.9. The minimum absolute atomic E-state index is 0.0607. The Hall–Kier alpha value is -1.59. The van der Waals surface area contributed by atoms with Crippen molar-refractivity contribution >= 4 is 17.9 Å². The van der Waals surface area contributed by atoms with Crippen LogP contribution in [-0.2, 0) is 28.6 Å². The van der Waals surface area contributed by atoms with Crippen LogP contribution in [0.2, 0.25) is 0 Å². The highest BCUT2D eigenvalue weighted by Gasteiger charge is 2.19. The van der Waals surface area contributed by atoms with Crippen molar-refractivity contribution in [2.24, 2.45) is 0 Å². The third-order valence-corrected chi connectivity index (χ3v) is 16.4. The first-order chi connectivity index (χ1) is 37.5. The summed E-state index contributed by atoms with van der Waals surface area (Å²) in [5.41, 5.74) is 0. The van der Waals surface area contributed by atoms with Crippen molar-refractivity contribution in [1.82, 2.24) is 0 Å². The first-order valence-corrected chi connectivity index (χ1v) is 35.0. The second kappa shape index (κ2) is 65.9. The zero-order valence-electron chi connectivity index (χ0n) is 52.1. The Morgan fingerprint density at radius 3 is 0.526 bits per heavy atom. The molecule has 76 heavy (non-hydrogen) atoms. The van der Waals surface area contributed by atoms with Crippen molar-refractivity contribution in [2.45, 2.75) is 419 Å². The van der Waals surface area contributed by atoms with Crippen LogP contribution >= 0.6 is 0 Å². The van der Waals surface area contributed by atoms with Gasteiger partial charge in [-0.05, 0) is 19.3 Å². The van der Waals surface area contributed by atoms with Gasteiger partial charge in [0, 0.05) is 19.3 Å². The van der Waals surface area contributed by atoms with Gasteiger partial charge in [-0.15, -0.1) is 0 Å². The summed E-state index contributed by atoms with van der Waals surface area (Å²) < 4.78 is 16.9. The fourth-order valence-electron chi connectivity index (χ4n) is 11.1. The van der Waals surface area contributed by atoms with E-state index in [1.165, 1.54) is 315 Å². The molecule has 6 heteroatoms. The minimum atomic E-state index is -0.762. The Balaban J connectivity index is 4.08. The summed E-state index contributed by atoms with van der Waals surface area (Å²) in [7, 11) is 0. The molecule has 6 nitrogen and oxygen atoms in total. The summed E-state index contributed by atoms with van der Waals surface area (Å²) >= 11 is 0. The third-order valence-electron chi connectivity index (χ3n) is 16.4. The van der Waals surface area contributed by atoms with E-state index in [-0.39, 0.29) is 31.1 Å². The van der Waals surface area contributed by atoms with Crippen LogP contribution in [0.5, 0.6) is 0 Å². The largest absolute Gasteiger partial charge is 0.462 e. The topological polar surface area (TPSA) is 78.9 Å². The normalized spacial score (nSPS) is 11.9. The van der Waals surface area contributed by atoms with Gasteiger partial charge in [0.05, 0.1) is 0 Å². The smallest absolute Gasteiger partial charge is 0.306 e. The molecule has 0 radical (unpaired) electrons. The van der Waals surface area contributed by atoms with Crippen molar-refractivity contribution in [3.05, 3.63) is 0 Å². The van der Waals surface area contributed by atoms with Gasteiger partial charge < -0.3 is 14.2 Å². The van der Waals surface area contributed by atoms with Gasteiger partial charge in [0.2, 0.25) is 0 Å². The molecule has 0 N–H and O–H groups in total. The fraction of sp³-hybridized carbons (Fsp3) is 0.957. The molecule has 0 heterocycles. The van der Waals surface area contributed by atoms with Crippen LogP contribution in [0.3, 0.4) is 0 Å². The Morgan fingerprint density at radius 2 is 0.355 bits per heavy atom. The van der Waals surface area contributed by atoms with Crippen LogP contribution in [0, 0.1) is 0 Å². The SMILES string of the molecule is CCCCCCCCCCCCCCCCCCCCCCCCCCCC(=O)OCC(COC(=O)CCCCCCCCCCC)OC(=O)CCCCCCCCCCCCCCCCCCCCCCCCCC. The molecule has 0 saturated heterocycles. The van der Waals surface area contributed by atoms with Crippen molar-refractivity contribution in [3.63, 3.8) is 0 Å². The average molecular weight is 1070 g/mol. The Labute approximate surface area is 476 Å². The summed E-state index contributed by atoms with van der Waals surface area (Å²) in [5, 5.41) is 0. The van der Waals surface area contributed by atoms with Crippen LogP contribution in [0.25, 0.3) is 0 Å². The van der Waals surface area contributed by atoms with Gasteiger partial charge in [0.15, 0.2) is 6.10 Å². The second-order valence-electron chi connectivity index (χ2n) is 24.2. The molecular weight excluding hydrogens is 937 g/mol. The monoisotopic (exact) mass is 1070 g/mol. The van der Waals surface area contributed by atoms with Gasteiger partial charge >= 0.3 is 17.9 Å². The number of carbonyl (C=O) groups is 3. The predicted molar refractivity (Wildman–Crippen MR) is 330 cm³/mol. The number of ether oxygens (including phenoxy) is 3. The van der Waals surface area contributed by atoms with Crippen LogP contribution < -0.4 is 0 Å². The molecule has 0 aromatic carbocycles. The van der Waals surface area contributed by atoms with Crippen LogP contribution in [-0.4, -0.2) is 37.2 Å². The first-order valence-electron chi connectivity index (χ1n) is 35.0. The lowest BCUT2D eigenvalue weighted by molar-refractivity contribution is -0.167. The molecule has 0 aromatic heterocycles. The number of rotatable bonds is 66. The number of hydrogen-bond acceptors (Lipinski definition) is 6. The van der Waals surface area contributed by atoms with E-state index in [4.69, 9.17) is 14.2 Å². The summed E-state index contributed by atoms with van der Waals surface area (Å²) in [6.45, 7) is 6.72. The molecule has 452 valence electrons. The second-order valence-corrected chi connectivity index (χ2v) is 24.2. The van der Waals surface area contributed by atoms with Crippen molar-refractivity contribution in [1.29, 1.82) is 0 Å². The summed E-state index contributed by atoms with van der Waals surface area (Å²) in [5.74, 6) is -0.827. The molecule has 0 bridgehead atoms. The first kappa shape index (κ1) is 74.4. The molecule has 0 spiro atoms. The Kier molecular flexibility index (Phi) is 64.5. The van der Waals surface area contributed by atoms with Crippen LogP contribution in [0.4, 0.5) is 0 Å². The molecule has 0 amide bonds. The van der Waals surface area contributed by atoms with E-state index in [0.29, 0.717) is 19.3 Å². The molecule has 0 saturated carbocycles. The Bertz CT molecular complexity index is 1140. The zero-order valence-corrected chi connectivity index (χ0v) is 52.1. The quantitative estimate of drug-likeness (QED) is 0.0343. The highest BCUT2D eigenvalue weighted by molar-refractivity contribution is 5.71. The fourth-order valence-corrected chi connectivity index (χ4v) is 11.1. The summed E-state index contributed by atoms with van der Waals surface area (Å²) in [6.07, 6.45) is 77.2. The van der Waals surface area contributed by atoms with Crippen molar-refractivity contribution < 1.29 is 28.6 Å². The predicted octanol–water partition coefficient (Wildman–Crippen LogP) is 23.8. The van der Waals surface area contributed by atoms with E-state index in [2.05, 4.69) is 20.8 Å². The van der Waals surface area contributed by atoms with Crippen LogP contribution in [0.1, 0.15) is 412 Å². The highest BCUT2D eigenvalue weighted by atomic mass is 16.6. The molecular formula is C70H136O6. The van der Waals surface area contributed by atoms with Gasteiger partial charge in [0.1, 0.15) is 13.2 Å². The van der Waals surface area contributed by atoms with Gasteiger partial charge in [-0.25, -0.2) is 0 Å². The number of hydrogen-bond donors (Lipinski definition) is 0. The standard InChI is InChI=1S/C70H136O6/c1-4-7-10-13-16-19-21-23-25-27-29-31-33-35-37-38-40-42-44-46-48-51-54-57-60-63-69(72)75-66-67(65-74-68(71)62-59-56-53-50-18-15-12-9-6-3)76-70(73)64-61-58-55-52-49-47-45-43-41-39-36-34-32-30-28-26-24-22-20-17-14-11-8-5-2/h67H,4-66H2,1-3H3. The average Bonchev–Trinajstić information content (AvgIpc) is 3.42. The van der Waals surface area contributed by atoms with Crippen LogP contribution in [0.15, 0.2) is 0 Å². The van der Waals surface area contributed by atoms with Gasteiger partial charge in [-0.2, -0.15) is 0 Å². The summed E-state index contributed by atoms with van der Waals surface area (Å²) in [6, 6.07) is 0. The molecule has 0 aliphatic rings. The molecule has 1 unspecified atom stereocenters. The molecule has 0 aliphatic heterocycles. The molecule has 0 aromatic rings. The highest BCUT2D eigenvalue weighted by Crippen LogP contribution is 2.19. The summed E-state index contributed by atoms with van der Waals surface area (Å²) in [4.78, 5) is 38.3. The minimum Gasteiger partial charge on any atom is -0.462 e. The van der Waals surface area contributed by atoms with E-state index in [1.807, 2.05) is 0 Å².